The molecule has 14 atom stereocenters. The Morgan fingerprint density at radius 1 is 0.917 bits per heavy atom. The zero-order valence-corrected chi connectivity index (χ0v) is 37.5. The second kappa shape index (κ2) is 17.9. The molecule has 0 radical (unpaired) electrons. The Morgan fingerprint density at radius 3 is 2.20 bits per heavy atom. The molecule has 2 amide bonds. The Hall–Kier alpha value is -3.12. The van der Waals surface area contributed by atoms with Crippen molar-refractivity contribution in [2.24, 2.45) is 81.7 Å². The number of carboxylic acids is 1. The van der Waals surface area contributed by atoms with Crippen LogP contribution in [0.4, 0.5) is 0 Å². The third-order valence-corrected chi connectivity index (χ3v) is 17.3. The minimum Gasteiger partial charge on any atom is -0.481 e. The van der Waals surface area contributed by atoms with Crippen molar-refractivity contribution in [1.82, 2.24) is 10.6 Å². The van der Waals surface area contributed by atoms with E-state index in [1.54, 1.807) is 12.1 Å². The maximum Gasteiger partial charge on any atom is 0.306 e. The fourth-order valence-corrected chi connectivity index (χ4v) is 13.9. The number of nitrogens with two attached hydrogens (primary N) is 1. The Morgan fingerprint density at radius 2 is 1.58 bits per heavy atom. The number of aliphatic hydroxyl groups is 2. The maximum absolute atomic E-state index is 14.0. The van der Waals surface area contributed by atoms with Gasteiger partial charge >= 0.3 is 5.97 Å². The first-order chi connectivity index (χ1) is 28.3. The predicted octanol–water partition coefficient (Wildman–Crippen LogP) is 6.96. The van der Waals surface area contributed by atoms with Crippen molar-refractivity contribution in [3.05, 3.63) is 46.0 Å². The van der Waals surface area contributed by atoms with Crippen LogP contribution in [0.15, 0.2) is 35.4 Å². The SMILES string of the molecule is CC(C)C1=C2C3CCC4C(CCC5C(C)C(CC(=O)C6CC(C(=O)O)C6C)CCC54C)C3CCC2(CC(=O)NCC(O)(NC(=O)c2ccc(Cl)cc2)C(C)O)CC1=O.CN. The number of aliphatic hydroxyl groups excluding tert-OH is 1. The van der Waals surface area contributed by atoms with Crippen molar-refractivity contribution >= 4 is 41.0 Å². The Labute approximate surface area is 361 Å². The number of carboxylic acid groups (broad SMARTS) is 1. The van der Waals surface area contributed by atoms with Gasteiger partial charge in [0, 0.05) is 41.2 Å². The van der Waals surface area contributed by atoms with E-state index in [0.29, 0.717) is 59.8 Å². The standard InChI is InChI=1S/C47H65ClN2O8.CH5N/c1-24(2)41-39(53)21-46(22-40(54)49-23-47(58,27(5)51)50-43(55)28-7-9-30(48)10-8-28)18-16-31-32-11-13-36-25(3)29(19-38(52)34-20-35(26(34)4)44(56)57)15-17-45(36,6)37(32)14-12-33(31)42(41)46;1-2/h7-10,24-27,29,31-37,51,58H,11-23H2,1-6H3,(H,49,54)(H,50,55)(H,56,57);2H2,1H3. The van der Waals surface area contributed by atoms with E-state index in [1.165, 1.54) is 31.7 Å². The van der Waals surface area contributed by atoms with Crippen molar-refractivity contribution in [1.29, 1.82) is 0 Å². The van der Waals surface area contributed by atoms with Crippen molar-refractivity contribution < 1.29 is 39.3 Å². The van der Waals surface area contributed by atoms with E-state index in [9.17, 15) is 39.3 Å². The maximum atomic E-state index is 14.0. The minimum absolute atomic E-state index is 0.0392. The molecule has 0 aliphatic heterocycles. The molecule has 7 N–H and O–H groups in total. The van der Waals surface area contributed by atoms with Crippen molar-refractivity contribution in [3.63, 3.8) is 0 Å². The number of allylic oxidation sites excluding steroid dienone is 2. The number of benzene rings is 1. The van der Waals surface area contributed by atoms with Crippen molar-refractivity contribution in [2.45, 2.75) is 130 Å². The number of fused-ring (bicyclic) bond motifs is 7. The third kappa shape index (κ3) is 8.38. The van der Waals surface area contributed by atoms with E-state index < -0.39 is 41.6 Å². The number of aliphatic carboxylic acids is 1. The summed E-state index contributed by atoms with van der Waals surface area (Å²) in [6, 6.07) is 6.14. The number of amides is 2. The summed E-state index contributed by atoms with van der Waals surface area (Å²) in [5.74, 6) is 1.25. The van der Waals surface area contributed by atoms with Crippen molar-refractivity contribution in [2.75, 3.05) is 13.6 Å². The van der Waals surface area contributed by atoms with E-state index in [-0.39, 0.29) is 58.5 Å². The number of hydrogen-bond acceptors (Lipinski definition) is 8. The Kier molecular flexibility index (Phi) is 13.9. The summed E-state index contributed by atoms with van der Waals surface area (Å²) in [7, 11) is 1.50. The van der Waals surface area contributed by atoms with Gasteiger partial charge in [0.2, 0.25) is 5.91 Å². The fourth-order valence-electron chi connectivity index (χ4n) is 13.8. The lowest BCUT2D eigenvalue weighted by molar-refractivity contribution is -0.154. The first kappa shape index (κ1) is 46.4. The summed E-state index contributed by atoms with van der Waals surface area (Å²) in [6.45, 7) is 11.9. The van der Waals surface area contributed by atoms with Crippen LogP contribution in [-0.2, 0) is 19.2 Å². The molecule has 0 aromatic heterocycles. The van der Waals surface area contributed by atoms with Gasteiger partial charge in [-0.25, -0.2) is 0 Å². The third-order valence-electron chi connectivity index (χ3n) is 17.0. The highest BCUT2D eigenvalue weighted by molar-refractivity contribution is 6.30. The molecule has 0 spiro atoms. The van der Waals surface area contributed by atoms with E-state index in [2.05, 4.69) is 44.1 Å². The molecule has 5 fully saturated rings. The predicted molar refractivity (Wildman–Crippen MR) is 230 cm³/mol. The lowest BCUT2D eigenvalue weighted by atomic mass is 9.42. The highest BCUT2D eigenvalue weighted by Gasteiger charge is 2.61. The van der Waals surface area contributed by atoms with E-state index >= 15 is 0 Å². The summed E-state index contributed by atoms with van der Waals surface area (Å²) >= 11 is 5.97. The first-order valence-electron chi connectivity index (χ1n) is 22.7. The molecule has 0 heterocycles. The number of halogens is 1. The largest absolute Gasteiger partial charge is 0.481 e. The van der Waals surface area contributed by atoms with Gasteiger partial charge in [-0.1, -0.05) is 51.8 Å². The summed E-state index contributed by atoms with van der Waals surface area (Å²) < 4.78 is 0. The number of ketones is 2. The van der Waals surface area contributed by atoms with Crippen LogP contribution in [0.25, 0.3) is 0 Å². The van der Waals surface area contributed by atoms with Gasteiger partial charge in [-0.05, 0) is 160 Å². The molecule has 5 saturated carbocycles. The van der Waals surface area contributed by atoms with E-state index in [0.717, 1.165) is 56.9 Å². The van der Waals surface area contributed by atoms with Crippen molar-refractivity contribution in [3.8, 4) is 0 Å². The number of rotatable bonds is 12. The van der Waals surface area contributed by atoms with Gasteiger partial charge in [0.25, 0.3) is 5.91 Å². The molecule has 6 aliphatic rings. The van der Waals surface area contributed by atoms with E-state index in [1.807, 2.05) is 6.92 Å². The number of hydrogen-bond donors (Lipinski definition) is 6. The lowest BCUT2D eigenvalue weighted by Gasteiger charge is -2.63. The van der Waals surface area contributed by atoms with Gasteiger partial charge in [-0.3, -0.25) is 24.0 Å². The quantitative estimate of drug-likeness (QED) is 0.121. The van der Waals surface area contributed by atoms with Gasteiger partial charge in [0.05, 0.1) is 12.5 Å². The highest BCUT2D eigenvalue weighted by Crippen LogP contribution is 2.68. The summed E-state index contributed by atoms with van der Waals surface area (Å²) in [4.78, 5) is 65.8. The van der Waals surface area contributed by atoms with Crippen LogP contribution in [0.3, 0.4) is 0 Å². The Balaban J connectivity index is 0.00000297. The Bertz CT molecular complexity index is 1850. The van der Waals surface area contributed by atoms with E-state index in [4.69, 9.17) is 11.6 Å². The number of carbonyl (C=O) groups is 5. The smallest absolute Gasteiger partial charge is 0.306 e. The zero-order chi connectivity index (χ0) is 44.1. The topological polar surface area (TPSA) is 196 Å². The molecule has 0 saturated heterocycles. The van der Waals surface area contributed by atoms with Gasteiger partial charge in [-0.2, -0.15) is 0 Å². The molecule has 7 rings (SSSR count). The molecule has 1 aromatic rings. The summed E-state index contributed by atoms with van der Waals surface area (Å²) in [5.41, 5.74) is 4.32. The monoisotopic (exact) mass is 851 g/mol. The summed E-state index contributed by atoms with van der Waals surface area (Å²) in [5, 5.41) is 37.1. The van der Waals surface area contributed by atoms with Crippen LogP contribution in [0, 0.1) is 75.9 Å². The second-order valence-electron chi connectivity index (χ2n) is 20.2. The molecular weight excluding hydrogens is 782 g/mol. The molecule has 1 aromatic carbocycles. The van der Waals surface area contributed by atoms with Crippen LogP contribution in [-0.4, -0.2) is 70.1 Å². The molecule has 60 heavy (non-hydrogen) atoms. The first-order valence-corrected chi connectivity index (χ1v) is 23.0. The molecule has 14 unspecified atom stereocenters. The van der Waals surface area contributed by atoms with Crippen LogP contribution in [0.2, 0.25) is 5.02 Å². The molecular formula is C48H70ClN3O8. The van der Waals surface area contributed by atoms with Crippen LogP contribution in [0.1, 0.15) is 129 Å². The van der Waals surface area contributed by atoms with Gasteiger partial charge in [0.15, 0.2) is 11.5 Å². The van der Waals surface area contributed by atoms with Gasteiger partial charge in [0.1, 0.15) is 11.9 Å². The van der Waals surface area contributed by atoms with Crippen LogP contribution in [0.5, 0.6) is 0 Å². The fraction of sp³-hybridized carbons (Fsp3) is 0.729. The number of carbonyl (C=O) groups excluding carboxylic acids is 4. The average Bonchev–Trinajstić information content (AvgIpc) is 3.50. The highest BCUT2D eigenvalue weighted by atomic mass is 35.5. The molecule has 6 aliphatic carbocycles. The minimum atomic E-state index is -2.13. The lowest BCUT2D eigenvalue weighted by Crippen LogP contribution is -2.62. The zero-order valence-electron chi connectivity index (χ0n) is 36.8. The van der Waals surface area contributed by atoms with Crippen LogP contribution < -0.4 is 16.4 Å². The molecule has 12 heteroatoms. The molecule has 0 bridgehead atoms. The molecule has 11 nitrogen and oxygen atoms in total. The average molecular weight is 853 g/mol. The normalized spacial score (nSPS) is 37.1. The second-order valence-corrected chi connectivity index (χ2v) is 20.6. The molecule has 332 valence electrons. The number of Topliss-reactive ketones (excluding diaryl/α,β-unsaturated/α-hetero) is 2. The number of nitrogens with one attached hydrogen (secondary N) is 2. The van der Waals surface area contributed by atoms with Crippen LogP contribution >= 0.6 is 11.6 Å². The van der Waals surface area contributed by atoms with Gasteiger partial charge in [-0.15, -0.1) is 0 Å². The summed E-state index contributed by atoms with van der Waals surface area (Å²) in [6.07, 6.45) is 8.28. The van der Waals surface area contributed by atoms with Gasteiger partial charge < -0.3 is 31.7 Å².